The Bertz CT molecular complexity index is 675. The van der Waals surface area contributed by atoms with Gasteiger partial charge in [-0.25, -0.2) is 0 Å². The SMILES string of the molecule is Cc1cc(O)ccc1NC(=O)C(C)c1ccc(CC(C)C)cc1. The molecule has 23 heavy (non-hydrogen) atoms. The van der Waals surface area contributed by atoms with Crippen LogP contribution < -0.4 is 5.32 Å². The van der Waals surface area contributed by atoms with E-state index < -0.39 is 0 Å². The molecular formula is C20H25NO2. The zero-order valence-electron chi connectivity index (χ0n) is 14.3. The molecule has 0 fully saturated rings. The number of hydrogen-bond acceptors (Lipinski definition) is 2. The first kappa shape index (κ1) is 17.1. The number of rotatable bonds is 5. The maximum absolute atomic E-state index is 12.4. The quantitative estimate of drug-likeness (QED) is 0.790. The Morgan fingerprint density at radius 3 is 2.30 bits per heavy atom. The van der Waals surface area contributed by atoms with Gasteiger partial charge in [0, 0.05) is 5.69 Å². The van der Waals surface area contributed by atoms with Crippen molar-refractivity contribution < 1.29 is 9.90 Å². The molecule has 2 N–H and O–H groups in total. The van der Waals surface area contributed by atoms with Crippen molar-refractivity contribution in [3.8, 4) is 5.75 Å². The van der Waals surface area contributed by atoms with Crippen LogP contribution in [0.4, 0.5) is 5.69 Å². The molecule has 0 aliphatic heterocycles. The summed E-state index contributed by atoms with van der Waals surface area (Å²) in [5.74, 6) is 0.556. The van der Waals surface area contributed by atoms with Crippen LogP contribution in [0.2, 0.25) is 0 Å². The number of benzene rings is 2. The predicted molar refractivity (Wildman–Crippen MR) is 94.9 cm³/mol. The van der Waals surface area contributed by atoms with Gasteiger partial charge in [0.2, 0.25) is 5.91 Å². The van der Waals surface area contributed by atoms with Crippen molar-refractivity contribution in [2.45, 2.75) is 40.0 Å². The second-order valence-corrected chi connectivity index (χ2v) is 6.55. The lowest BCUT2D eigenvalue weighted by Crippen LogP contribution is -2.19. The molecule has 122 valence electrons. The topological polar surface area (TPSA) is 49.3 Å². The van der Waals surface area contributed by atoms with Gasteiger partial charge in [-0.15, -0.1) is 0 Å². The fourth-order valence-corrected chi connectivity index (χ4v) is 2.59. The number of anilines is 1. The number of phenolic OH excluding ortho intramolecular Hbond substituents is 1. The van der Waals surface area contributed by atoms with Gasteiger partial charge in [0.1, 0.15) is 5.75 Å². The lowest BCUT2D eigenvalue weighted by atomic mass is 9.96. The van der Waals surface area contributed by atoms with E-state index in [-0.39, 0.29) is 17.6 Å². The fourth-order valence-electron chi connectivity index (χ4n) is 2.59. The summed E-state index contributed by atoms with van der Waals surface area (Å²) in [4.78, 5) is 12.4. The van der Waals surface area contributed by atoms with Gasteiger partial charge in [0.15, 0.2) is 0 Å². The molecule has 1 unspecified atom stereocenters. The van der Waals surface area contributed by atoms with Crippen LogP contribution in [0.5, 0.6) is 5.75 Å². The van der Waals surface area contributed by atoms with Crippen LogP contribution in [0.15, 0.2) is 42.5 Å². The van der Waals surface area contributed by atoms with E-state index in [9.17, 15) is 9.90 Å². The molecule has 0 saturated heterocycles. The minimum absolute atomic E-state index is 0.0459. The number of carbonyl (C=O) groups excluding carboxylic acids is 1. The van der Waals surface area contributed by atoms with Gasteiger partial charge in [-0.05, 0) is 61.1 Å². The van der Waals surface area contributed by atoms with Crippen LogP contribution in [0.3, 0.4) is 0 Å². The van der Waals surface area contributed by atoms with E-state index in [1.165, 1.54) is 5.56 Å². The lowest BCUT2D eigenvalue weighted by Gasteiger charge is -2.15. The Balaban J connectivity index is 2.07. The van der Waals surface area contributed by atoms with Crippen molar-refractivity contribution in [2.24, 2.45) is 5.92 Å². The Morgan fingerprint density at radius 1 is 1.09 bits per heavy atom. The highest BCUT2D eigenvalue weighted by molar-refractivity contribution is 5.96. The zero-order valence-corrected chi connectivity index (χ0v) is 14.3. The van der Waals surface area contributed by atoms with Crippen LogP contribution in [-0.2, 0) is 11.2 Å². The molecule has 1 amide bonds. The first-order valence-electron chi connectivity index (χ1n) is 8.06. The van der Waals surface area contributed by atoms with Gasteiger partial charge in [-0.2, -0.15) is 0 Å². The van der Waals surface area contributed by atoms with Crippen molar-refractivity contribution >= 4 is 11.6 Å². The zero-order chi connectivity index (χ0) is 17.0. The largest absolute Gasteiger partial charge is 0.508 e. The average Bonchev–Trinajstić information content (AvgIpc) is 2.49. The number of hydrogen-bond donors (Lipinski definition) is 2. The summed E-state index contributed by atoms with van der Waals surface area (Å²) < 4.78 is 0. The minimum atomic E-state index is -0.226. The van der Waals surface area contributed by atoms with Crippen LogP contribution in [-0.4, -0.2) is 11.0 Å². The highest BCUT2D eigenvalue weighted by Gasteiger charge is 2.16. The van der Waals surface area contributed by atoms with Crippen LogP contribution in [0.25, 0.3) is 0 Å². The van der Waals surface area contributed by atoms with E-state index in [0.717, 1.165) is 23.2 Å². The van der Waals surface area contributed by atoms with Crippen molar-refractivity contribution in [1.82, 2.24) is 0 Å². The summed E-state index contributed by atoms with van der Waals surface area (Å²) in [5, 5.41) is 12.4. The van der Waals surface area contributed by atoms with Gasteiger partial charge < -0.3 is 10.4 Å². The van der Waals surface area contributed by atoms with Gasteiger partial charge in [-0.1, -0.05) is 38.1 Å². The van der Waals surface area contributed by atoms with Gasteiger partial charge >= 0.3 is 0 Å². The third-order valence-corrected chi connectivity index (χ3v) is 3.98. The maximum atomic E-state index is 12.4. The number of aromatic hydroxyl groups is 1. The average molecular weight is 311 g/mol. The van der Waals surface area contributed by atoms with E-state index in [1.54, 1.807) is 18.2 Å². The fraction of sp³-hybridized carbons (Fsp3) is 0.350. The van der Waals surface area contributed by atoms with Gasteiger partial charge in [-0.3, -0.25) is 4.79 Å². The van der Waals surface area contributed by atoms with E-state index >= 15 is 0 Å². The summed E-state index contributed by atoms with van der Waals surface area (Å²) in [6.45, 7) is 8.16. The number of nitrogens with one attached hydrogen (secondary N) is 1. The van der Waals surface area contributed by atoms with E-state index in [0.29, 0.717) is 5.92 Å². The Labute approximate surface area is 138 Å². The van der Waals surface area contributed by atoms with Crippen LogP contribution in [0.1, 0.15) is 43.4 Å². The van der Waals surface area contributed by atoms with Crippen molar-refractivity contribution in [3.05, 3.63) is 59.2 Å². The van der Waals surface area contributed by atoms with E-state index in [4.69, 9.17) is 0 Å². The standard InChI is InChI=1S/C20H25NO2/c1-13(2)11-16-5-7-17(8-6-16)15(4)20(23)21-19-10-9-18(22)12-14(19)3/h5-10,12-13,15,22H,11H2,1-4H3,(H,21,23). The van der Waals surface area contributed by atoms with Gasteiger partial charge in [0.25, 0.3) is 0 Å². The molecular weight excluding hydrogens is 286 g/mol. The third kappa shape index (κ3) is 4.59. The normalized spacial score (nSPS) is 12.2. The smallest absolute Gasteiger partial charge is 0.231 e. The second-order valence-electron chi connectivity index (χ2n) is 6.55. The molecule has 0 radical (unpaired) electrons. The third-order valence-electron chi connectivity index (χ3n) is 3.98. The summed E-state index contributed by atoms with van der Waals surface area (Å²) >= 11 is 0. The molecule has 1 atom stereocenters. The molecule has 2 aromatic carbocycles. The van der Waals surface area contributed by atoms with Crippen molar-refractivity contribution in [1.29, 1.82) is 0 Å². The lowest BCUT2D eigenvalue weighted by molar-refractivity contribution is -0.117. The number of phenols is 1. The summed E-state index contributed by atoms with van der Waals surface area (Å²) in [5.41, 5.74) is 3.88. The first-order valence-corrected chi connectivity index (χ1v) is 8.06. The molecule has 0 aliphatic carbocycles. The summed E-state index contributed by atoms with van der Waals surface area (Å²) in [6.07, 6.45) is 1.05. The first-order chi connectivity index (χ1) is 10.9. The maximum Gasteiger partial charge on any atom is 0.231 e. The number of carbonyl (C=O) groups is 1. The van der Waals surface area contributed by atoms with Crippen LogP contribution >= 0.6 is 0 Å². The number of aryl methyl sites for hydroxylation is 1. The highest BCUT2D eigenvalue weighted by atomic mass is 16.3. The molecule has 2 aromatic rings. The Morgan fingerprint density at radius 2 is 1.74 bits per heavy atom. The second kappa shape index (κ2) is 7.32. The minimum Gasteiger partial charge on any atom is -0.508 e. The van der Waals surface area contributed by atoms with E-state index in [1.807, 2.05) is 26.0 Å². The molecule has 0 aliphatic rings. The molecule has 3 heteroatoms. The summed E-state index contributed by atoms with van der Waals surface area (Å²) in [7, 11) is 0. The molecule has 0 heterocycles. The van der Waals surface area contributed by atoms with E-state index in [2.05, 4.69) is 31.3 Å². The monoisotopic (exact) mass is 311 g/mol. The molecule has 2 rings (SSSR count). The molecule has 0 bridgehead atoms. The molecule has 0 aromatic heterocycles. The molecule has 0 spiro atoms. The summed E-state index contributed by atoms with van der Waals surface area (Å²) in [6, 6.07) is 13.2. The highest BCUT2D eigenvalue weighted by Crippen LogP contribution is 2.23. The van der Waals surface area contributed by atoms with Crippen LogP contribution in [0, 0.1) is 12.8 Å². The van der Waals surface area contributed by atoms with Crippen molar-refractivity contribution in [3.63, 3.8) is 0 Å². The molecule has 0 saturated carbocycles. The predicted octanol–water partition coefficient (Wildman–Crippen LogP) is 4.64. The van der Waals surface area contributed by atoms with Crippen molar-refractivity contribution in [2.75, 3.05) is 5.32 Å². The Kier molecular flexibility index (Phi) is 5.43. The number of amides is 1. The Hall–Kier alpha value is -2.29. The molecule has 3 nitrogen and oxygen atoms in total. The van der Waals surface area contributed by atoms with Gasteiger partial charge in [0.05, 0.1) is 5.92 Å².